The first-order chi connectivity index (χ1) is 10.7. The number of hydrogen-bond donors (Lipinski definition) is 1. The van der Waals surface area contributed by atoms with Gasteiger partial charge in [0.2, 0.25) is 0 Å². The summed E-state index contributed by atoms with van der Waals surface area (Å²) in [6.45, 7) is 0.995. The van der Waals surface area contributed by atoms with E-state index in [2.05, 4.69) is 9.97 Å². The van der Waals surface area contributed by atoms with Gasteiger partial charge in [-0.2, -0.15) is 0 Å². The van der Waals surface area contributed by atoms with E-state index in [4.69, 9.17) is 11.6 Å². The molecule has 1 aliphatic heterocycles. The van der Waals surface area contributed by atoms with Crippen LogP contribution in [0.15, 0.2) is 54.9 Å². The van der Waals surface area contributed by atoms with Gasteiger partial charge in [0, 0.05) is 22.8 Å². The van der Waals surface area contributed by atoms with E-state index >= 15 is 0 Å². The number of halogens is 1. The number of anilines is 1. The molecule has 4 rings (SSSR count). The fourth-order valence-electron chi connectivity index (χ4n) is 2.90. The number of hydrogen-bond acceptors (Lipinski definition) is 4. The van der Waals surface area contributed by atoms with Gasteiger partial charge in [-0.05, 0) is 29.8 Å². The molecule has 1 N–H and O–H groups in total. The molecule has 1 saturated heterocycles. The maximum absolute atomic E-state index is 10.7. The van der Waals surface area contributed by atoms with Crippen LogP contribution in [-0.2, 0) is 5.60 Å². The van der Waals surface area contributed by atoms with E-state index in [1.54, 1.807) is 24.5 Å². The lowest BCUT2D eigenvalue weighted by molar-refractivity contribution is 0.00723. The topological polar surface area (TPSA) is 49.2 Å². The fraction of sp³-hybridized carbons (Fsp3) is 0.176. The van der Waals surface area contributed by atoms with Crippen LogP contribution in [0, 0.1) is 0 Å². The summed E-state index contributed by atoms with van der Waals surface area (Å²) in [6.07, 6.45) is 3.54. The highest BCUT2D eigenvalue weighted by molar-refractivity contribution is 6.30. The van der Waals surface area contributed by atoms with Crippen molar-refractivity contribution >= 4 is 28.3 Å². The van der Waals surface area contributed by atoms with Gasteiger partial charge in [-0.25, -0.2) is 4.98 Å². The number of benzene rings is 1. The third-order valence-corrected chi connectivity index (χ3v) is 4.34. The molecule has 2 aromatic heterocycles. The molecule has 0 saturated carbocycles. The first kappa shape index (κ1) is 13.5. The lowest BCUT2D eigenvalue weighted by Crippen LogP contribution is -2.60. The third kappa shape index (κ3) is 2.12. The lowest BCUT2D eigenvalue weighted by atomic mass is 9.86. The monoisotopic (exact) mass is 311 g/mol. The molecule has 110 valence electrons. The molecule has 0 unspecified atom stereocenters. The smallest absolute Gasteiger partial charge is 0.155 e. The first-order valence-electron chi connectivity index (χ1n) is 7.09. The van der Waals surface area contributed by atoms with Gasteiger partial charge in [0.25, 0.3) is 0 Å². The van der Waals surface area contributed by atoms with Crippen LogP contribution in [0.2, 0.25) is 5.02 Å². The number of aliphatic hydroxyl groups is 1. The molecule has 0 bridgehead atoms. The van der Waals surface area contributed by atoms with Crippen molar-refractivity contribution in [2.24, 2.45) is 0 Å². The Bertz CT molecular complexity index is 823. The Morgan fingerprint density at radius 1 is 1.00 bits per heavy atom. The second-order valence-corrected chi connectivity index (χ2v) is 6.04. The van der Waals surface area contributed by atoms with Gasteiger partial charge in [0.05, 0.1) is 13.1 Å². The van der Waals surface area contributed by atoms with Crippen LogP contribution in [0.4, 0.5) is 5.82 Å². The molecule has 0 atom stereocenters. The minimum Gasteiger partial charge on any atom is -0.381 e. The summed E-state index contributed by atoms with van der Waals surface area (Å²) in [6, 6.07) is 13.2. The van der Waals surface area contributed by atoms with Gasteiger partial charge < -0.3 is 10.0 Å². The van der Waals surface area contributed by atoms with E-state index in [1.165, 1.54) is 0 Å². The number of aromatic nitrogens is 2. The van der Waals surface area contributed by atoms with Crippen molar-refractivity contribution in [3.63, 3.8) is 0 Å². The van der Waals surface area contributed by atoms with Crippen LogP contribution in [-0.4, -0.2) is 28.2 Å². The first-order valence-corrected chi connectivity index (χ1v) is 7.47. The predicted octanol–water partition coefficient (Wildman–Crippen LogP) is 2.99. The molecule has 22 heavy (non-hydrogen) atoms. The normalized spacial score (nSPS) is 16.5. The van der Waals surface area contributed by atoms with Crippen molar-refractivity contribution in [3.8, 4) is 0 Å². The van der Waals surface area contributed by atoms with Crippen LogP contribution in [0.25, 0.3) is 10.9 Å². The van der Waals surface area contributed by atoms with Crippen LogP contribution in [0.3, 0.4) is 0 Å². The Hall–Kier alpha value is -2.17. The summed E-state index contributed by atoms with van der Waals surface area (Å²) in [5, 5.41) is 12.5. The Morgan fingerprint density at radius 3 is 2.55 bits per heavy atom. The minimum absolute atomic E-state index is 0.497. The number of rotatable bonds is 2. The molecule has 0 aliphatic carbocycles. The van der Waals surface area contributed by atoms with Crippen LogP contribution < -0.4 is 4.90 Å². The van der Waals surface area contributed by atoms with Crippen molar-refractivity contribution < 1.29 is 5.11 Å². The Labute approximate surface area is 133 Å². The minimum atomic E-state index is -0.858. The largest absolute Gasteiger partial charge is 0.381 e. The van der Waals surface area contributed by atoms with E-state index in [9.17, 15) is 5.11 Å². The van der Waals surface area contributed by atoms with Crippen molar-refractivity contribution in [2.45, 2.75) is 5.60 Å². The van der Waals surface area contributed by atoms with Gasteiger partial charge >= 0.3 is 0 Å². The van der Waals surface area contributed by atoms with E-state index < -0.39 is 5.60 Å². The average molecular weight is 312 g/mol. The van der Waals surface area contributed by atoms with Gasteiger partial charge in [-0.3, -0.25) is 4.98 Å². The average Bonchev–Trinajstić information content (AvgIpc) is 2.52. The molecular formula is C17H14ClN3O. The Kier molecular flexibility index (Phi) is 3.03. The Balaban J connectivity index is 1.63. The van der Waals surface area contributed by atoms with E-state index in [0.29, 0.717) is 18.1 Å². The zero-order valence-electron chi connectivity index (χ0n) is 11.8. The summed E-state index contributed by atoms with van der Waals surface area (Å²) >= 11 is 5.90. The third-order valence-electron chi connectivity index (χ3n) is 4.09. The van der Waals surface area contributed by atoms with Crippen molar-refractivity contribution in [2.75, 3.05) is 18.0 Å². The molecule has 1 fully saturated rings. The molecule has 3 aromatic rings. The van der Waals surface area contributed by atoms with Crippen molar-refractivity contribution in [1.82, 2.24) is 9.97 Å². The highest BCUT2D eigenvalue weighted by Crippen LogP contribution is 2.36. The number of fused-ring (bicyclic) bond motifs is 1. The second kappa shape index (κ2) is 4.93. The number of nitrogens with zero attached hydrogens (tertiary/aromatic N) is 3. The summed E-state index contributed by atoms with van der Waals surface area (Å²) < 4.78 is 0. The maximum atomic E-state index is 10.7. The zero-order valence-corrected chi connectivity index (χ0v) is 12.5. The molecule has 0 radical (unpaired) electrons. The van der Waals surface area contributed by atoms with Crippen LogP contribution in [0.5, 0.6) is 0 Å². The summed E-state index contributed by atoms with van der Waals surface area (Å²) in [7, 11) is 0. The fourth-order valence-corrected chi connectivity index (χ4v) is 3.02. The highest BCUT2D eigenvalue weighted by atomic mass is 35.5. The summed E-state index contributed by atoms with van der Waals surface area (Å²) in [5.74, 6) is 0.816. The SMILES string of the molecule is OC1(c2ccc(Cl)cc2)CN(c2nccc3cccnc23)C1. The van der Waals surface area contributed by atoms with E-state index in [1.807, 2.05) is 35.2 Å². The lowest BCUT2D eigenvalue weighted by Gasteiger charge is -2.47. The molecule has 0 amide bonds. The van der Waals surface area contributed by atoms with Crippen LogP contribution >= 0.6 is 11.6 Å². The van der Waals surface area contributed by atoms with Gasteiger partial charge in [0.15, 0.2) is 5.82 Å². The zero-order chi connectivity index (χ0) is 15.2. The van der Waals surface area contributed by atoms with Gasteiger partial charge in [0.1, 0.15) is 11.1 Å². The molecular weight excluding hydrogens is 298 g/mol. The van der Waals surface area contributed by atoms with Crippen molar-refractivity contribution in [3.05, 3.63) is 65.4 Å². The predicted molar refractivity (Wildman–Crippen MR) is 87.1 cm³/mol. The Morgan fingerprint density at radius 2 is 1.77 bits per heavy atom. The molecule has 5 heteroatoms. The highest BCUT2D eigenvalue weighted by Gasteiger charge is 2.43. The van der Waals surface area contributed by atoms with Gasteiger partial charge in [-0.1, -0.05) is 29.8 Å². The molecule has 1 aromatic carbocycles. The standard InChI is InChI=1S/C17H14ClN3O/c18-14-5-3-13(4-6-14)17(22)10-21(11-17)16-15-12(7-9-20-16)2-1-8-19-15/h1-9,22H,10-11H2. The van der Waals surface area contributed by atoms with Crippen molar-refractivity contribution in [1.29, 1.82) is 0 Å². The number of β-amino-alcohol motifs (C(OH)–C–C–N with tert-alkyl or cyclic N) is 1. The molecule has 4 nitrogen and oxygen atoms in total. The number of pyridine rings is 2. The second-order valence-electron chi connectivity index (χ2n) is 5.60. The molecule has 0 spiro atoms. The molecule has 3 heterocycles. The van der Waals surface area contributed by atoms with Gasteiger partial charge in [-0.15, -0.1) is 0 Å². The van der Waals surface area contributed by atoms with E-state index in [-0.39, 0.29) is 0 Å². The summed E-state index contributed by atoms with van der Waals surface area (Å²) in [4.78, 5) is 10.9. The maximum Gasteiger partial charge on any atom is 0.155 e. The molecule has 1 aliphatic rings. The summed E-state index contributed by atoms with van der Waals surface area (Å²) in [5.41, 5.74) is 0.882. The van der Waals surface area contributed by atoms with Crippen LogP contribution in [0.1, 0.15) is 5.56 Å². The quantitative estimate of drug-likeness (QED) is 0.790. The van der Waals surface area contributed by atoms with E-state index in [0.717, 1.165) is 22.3 Å².